The second-order valence-electron chi connectivity index (χ2n) is 5.40. The van der Waals surface area contributed by atoms with E-state index >= 15 is 0 Å². The first-order valence-electron chi connectivity index (χ1n) is 5.98. The van der Waals surface area contributed by atoms with Crippen LogP contribution >= 0.6 is 0 Å². The van der Waals surface area contributed by atoms with Gasteiger partial charge in [0.05, 0.1) is 12.3 Å². The van der Waals surface area contributed by atoms with E-state index in [4.69, 9.17) is 9.15 Å². The Balaban J connectivity index is 1.92. The molecular weight excluding hydrogens is 218 g/mol. The van der Waals surface area contributed by atoms with Gasteiger partial charge in [-0.1, -0.05) is 0 Å². The normalized spacial score (nSPS) is 24.9. The molecule has 17 heavy (non-hydrogen) atoms. The van der Waals surface area contributed by atoms with Crippen molar-refractivity contribution < 1.29 is 13.9 Å². The molecule has 1 aliphatic rings. The van der Waals surface area contributed by atoms with Gasteiger partial charge in [-0.25, -0.2) is 0 Å². The van der Waals surface area contributed by atoms with E-state index in [1.165, 1.54) is 0 Å². The lowest BCUT2D eigenvalue weighted by atomic mass is 10.1. The molecule has 0 unspecified atom stereocenters. The van der Waals surface area contributed by atoms with Crippen LogP contribution in [-0.2, 0) is 9.53 Å². The predicted octanol–water partition coefficient (Wildman–Crippen LogP) is 2.41. The molecule has 2 atom stereocenters. The molecule has 0 bridgehead atoms. The molecule has 2 rings (SSSR count). The maximum Gasteiger partial charge on any atom is 0.323 e. The van der Waals surface area contributed by atoms with Crippen LogP contribution in [0.15, 0.2) is 22.8 Å². The van der Waals surface area contributed by atoms with E-state index in [2.05, 4.69) is 5.32 Å². The molecule has 0 saturated carbocycles. The van der Waals surface area contributed by atoms with Crippen LogP contribution in [-0.4, -0.2) is 17.6 Å². The van der Waals surface area contributed by atoms with E-state index in [9.17, 15) is 4.79 Å². The molecule has 0 radical (unpaired) electrons. The molecule has 0 amide bonds. The molecule has 0 aromatic carbocycles. The Bertz CT molecular complexity index is 378. The van der Waals surface area contributed by atoms with E-state index in [1.807, 2.05) is 32.9 Å². The van der Waals surface area contributed by atoms with E-state index in [0.29, 0.717) is 0 Å². The van der Waals surface area contributed by atoms with Crippen LogP contribution in [0.4, 0.5) is 0 Å². The fourth-order valence-electron chi connectivity index (χ4n) is 2.02. The van der Waals surface area contributed by atoms with Gasteiger partial charge in [-0.3, -0.25) is 10.1 Å². The summed E-state index contributed by atoms with van der Waals surface area (Å²) in [4.78, 5) is 11.9. The van der Waals surface area contributed by atoms with Gasteiger partial charge >= 0.3 is 5.97 Å². The van der Waals surface area contributed by atoms with Gasteiger partial charge in [0.15, 0.2) is 0 Å². The zero-order chi connectivity index (χ0) is 12.5. The standard InChI is InChI=1S/C13H19NO3/c1-13(2,3)17-12(15)10-7-6-9(14-10)11-5-4-8-16-11/h4-5,8-10,14H,6-7H2,1-3H3/t9-,10+/m1/s1. The van der Waals surface area contributed by atoms with Gasteiger partial charge in [-0.05, 0) is 45.7 Å². The molecule has 1 N–H and O–H groups in total. The summed E-state index contributed by atoms with van der Waals surface area (Å²) in [6, 6.07) is 3.69. The van der Waals surface area contributed by atoms with Gasteiger partial charge in [-0.2, -0.15) is 0 Å². The van der Waals surface area contributed by atoms with Gasteiger partial charge in [0.25, 0.3) is 0 Å². The lowest BCUT2D eigenvalue weighted by Crippen LogP contribution is -2.37. The number of nitrogens with one attached hydrogen (secondary N) is 1. The summed E-state index contributed by atoms with van der Waals surface area (Å²) in [7, 11) is 0. The maximum absolute atomic E-state index is 11.9. The van der Waals surface area contributed by atoms with Crippen molar-refractivity contribution in [3.63, 3.8) is 0 Å². The van der Waals surface area contributed by atoms with Crippen LogP contribution in [0.1, 0.15) is 45.4 Å². The average molecular weight is 237 g/mol. The van der Waals surface area contributed by atoms with Crippen LogP contribution < -0.4 is 5.32 Å². The minimum absolute atomic E-state index is 0.127. The summed E-state index contributed by atoms with van der Waals surface area (Å²) in [5, 5.41) is 3.25. The molecule has 1 aliphatic heterocycles. The monoisotopic (exact) mass is 237 g/mol. The van der Waals surface area contributed by atoms with E-state index in [1.54, 1.807) is 6.26 Å². The van der Waals surface area contributed by atoms with Crippen LogP contribution in [0.3, 0.4) is 0 Å². The van der Waals surface area contributed by atoms with Crippen LogP contribution in [0, 0.1) is 0 Å². The molecule has 0 aliphatic carbocycles. The third-order valence-electron chi connectivity index (χ3n) is 2.72. The minimum Gasteiger partial charge on any atom is -0.468 e. The molecule has 4 heteroatoms. The highest BCUT2D eigenvalue weighted by atomic mass is 16.6. The van der Waals surface area contributed by atoms with Gasteiger partial charge in [0, 0.05) is 0 Å². The van der Waals surface area contributed by atoms with Crippen LogP contribution in [0.25, 0.3) is 0 Å². The molecular formula is C13H19NO3. The lowest BCUT2D eigenvalue weighted by molar-refractivity contribution is -0.157. The summed E-state index contributed by atoms with van der Waals surface area (Å²) < 4.78 is 10.7. The van der Waals surface area contributed by atoms with Crippen molar-refractivity contribution in [1.29, 1.82) is 0 Å². The number of hydrogen-bond donors (Lipinski definition) is 1. The Hall–Kier alpha value is -1.29. The van der Waals surface area contributed by atoms with Gasteiger partial charge in [0.1, 0.15) is 17.4 Å². The van der Waals surface area contributed by atoms with E-state index < -0.39 is 5.60 Å². The summed E-state index contributed by atoms with van der Waals surface area (Å²) >= 11 is 0. The smallest absolute Gasteiger partial charge is 0.323 e. The Morgan fingerprint density at radius 2 is 2.24 bits per heavy atom. The number of carbonyl (C=O) groups is 1. The van der Waals surface area contributed by atoms with Crippen molar-refractivity contribution in [2.45, 2.75) is 51.3 Å². The largest absolute Gasteiger partial charge is 0.468 e. The maximum atomic E-state index is 11.9. The highest BCUT2D eigenvalue weighted by Crippen LogP contribution is 2.27. The Morgan fingerprint density at radius 3 is 2.82 bits per heavy atom. The van der Waals surface area contributed by atoms with Crippen LogP contribution in [0.2, 0.25) is 0 Å². The number of carbonyl (C=O) groups excluding carboxylic acids is 1. The van der Waals surface area contributed by atoms with Crippen molar-refractivity contribution in [2.75, 3.05) is 0 Å². The van der Waals surface area contributed by atoms with E-state index in [0.717, 1.165) is 18.6 Å². The second kappa shape index (κ2) is 4.53. The third kappa shape index (κ3) is 3.09. The zero-order valence-corrected chi connectivity index (χ0v) is 10.5. The topological polar surface area (TPSA) is 51.5 Å². The van der Waals surface area contributed by atoms with Gasteiger partial charge in [0.2, 0.25) is 0 Å². The van der Waals surface area contributed by atoms with Crippen LogP contribution in [0.5, 0.6) is 0 Å². The molecule has 1 fully saturated rings. The number of furan rings is 1. The number of rotatable bonds is 2. The van der Waals surface area contributed by atoms with Crippen molar-refractivity contribution in [3.05, 3.63) is 24.2 Å². The van der Waals surface area contributed by atoms with Crippen molar-refractivity contribution in [3.8, 4) is 0 Å². The van der Waals surface area contributed by atoms with Gasteiger partial charge in [-0.15, -0.1) is 0 Å². The first-order valence-corrected chi connectivity index (χ1v) is 5.98. The number of esters is 1. The summed E-state index contributed by atoms with van der Waals surface area (Å²) in [6.07, 6.45) is 3.34. The summed E-state index contributed by atoms with van der Waals surface area (Å²) in [5.41, 5.74) is -0.429. The highest BCUT2D eigenvalue weighted by molar-refractivity contribution is 5.76. The summed E-state index contributed by atoms with van der Waals surface area (Å²) in [6.45, 7) is 5.64. The van der Waals surface area contributed by atoms with Gasteiger partial charge < -0.3 is 9.15 Å². The molecule has 4 nitrogen and oxygen atoms in total. The lowest BCUT2D eigenvalue weighted by Gasteiger charge is -2.22. The minimum atomic E-state index is -0.429. The Kier molecular flexibility index (Phi) is 3.24. The van der Waals surface area contributed by atoms with Crippen molar-refractivity contribution >= 4 is 5.97 Å². The fourth-order valence-corrected chi connectivity index (χ4v) is 2.02. The molecule has 1 saturated heterocycles. The predicted molar refractivity (Wildman–Crippen MR) is 63.5 cm³/mol. The quantitative estimate of drug-likeness (QED) is 0.802. The molecule has 1 aromatic heterocycles. The number of hydrogen-bond acceptors (Lipinski definition) is 4. The Labute approximate surface area is 101 Å². The highest BCUT2D eigenvalue weighted by Gasteiger charge is 2.33. The van der Waals surface area contributed by atoms with Crippen molar-refractivity contribution in [2.24, 2.45) is 0 Å². The molecule has 2 heterocycles. The third-order valence-corrected chi connectivity index (χ3v) is 2.72. The first-order chi connectivity index (χ1) is 7.96. The molecule has 0 spiro atoms. The van der Waals surface area contributed by atoms with E-state index in [-0.39, 0.29) is 18.1 Å². The summed E-state index contributed by atoms with van der Waals surface area (Å²) in [5.74, 6) is 0.711. The molecule has 1 aromatic rings. The second-order valence-corrected chi connectivity index (χ2v) is 5.40. The fraction of sp³-hybridized carbons (Fsp3) is 0.615. The SMILES string of the molecule is CC(C)(C)OC(=O)[C@@H]1CC[C@H](c2ccco2)N1. The average Bonchev–Trinajstić information content (AvgIpc) is 2.86. The number of ether oxygens (including phenoxy) is 1. The van der Waals surface area contributed by atoms with Crippen molar-refractivity contribution in [1.82, 2.24) is 5.32 Å². The zero-order valence-electron chi connectivity index (χ0n) is 10.5. The molecule has 94 valence electrons. The first kappa shape index (κ1) is 12.2. The Morgan fingerprint density at radius 1 is 1.47 bits per heavy atom.